The van der Waals surface area contributed by atoms with E-state index in [2.05, 4.69) is 17.9 Å². The smallest absolute Gasteiger partial charge is 0.323 e. The molecule has 0 aliphatic rings. The van der Waals surface area contributed by atoms with Gasteiger partial charge in [0.25, 0.3) is 5.91 Å². The van der Waals surface area contributed by atoms with Crippen molar-refractivity contribution in [2.45, 2.75) is 76.5 Å². The van der Waals surface area contributed by atoms with Gasteiger partial charge in [0.2, 0.25) is 11.8 Å². The van der Waals surface area contributed by atoms with Crippen LogP contribution in [0.2, 0.25) is 0 Å². The molecule has 0 spiro atoms. The zero-order valence-electron chi connectivity index (χ0n) is 17.7. The van der Waals surface area contributed by atoms with Gasteiger partial charge in [-0.2, -0.15) is 12.6 Å². The quantitative estimate of drug-likeness (QED) is 0.132. The van der Waals surface area contributed by atoms with E-state index < -0.39 is 54.4 Å². The lowest BCUT2D eigenvalue weighted by atomic mass is 10.1. The second-order valence-electron chi connectivity index (χ2n) is 7.19. The van der Waals surface area contributed by atoms with Gasteiger partial charge in [-0.1, -0.05) is 26.2 Å². The first-order chi connectivity index (χ1) is 14.5. The summed E-state index contributed by atoms with van der Waals surface area (Å²) in [7, 11) is 0. The van der Waals surface area contributed by atoms with Gasteiger partial charge >= 0.3 is 11.9 Å². The summed E-state index contributed by atoms with van der Waals surface area (Å²) in [6, 6.07) is -2.53. The Labute approximate surface area is 186 Å². The maximum atomic E-state index is 12.7. The van der Waals surface area contributed by atoms with Crippen LogP contribution < -0.4 is 11.1 Å². The number of carboxylic acid groups (broad SMARTS) is 2. The molecule has 31 heavy (non-hydrogen) atoms. The van der Waals surface area contributed by atoms with Gasteiger partial charge in [0, 0.05) is 18.6 Å². The van der Waals surface area contributed by atoms with Gasteiger partial charge in [0.1, 0.15) is 18.6 Å². The van der Waals surface area contributed by atoms with Crippen LogP contribution in [0.25, 0.3) is 0 Å². The SMILES string of the molecule is CCCCCC(O)CCC(=O)N(CC(=O)O)C(=O)C(CS)NC(=O)CCC(N)C(=O)O. The highest BCUT2D eigenvalue weighted by molar-refractivity contribution is 7.80. The lowest BCUT2D eigenvalue weighted by Crippen LogP contribution is -2.53. The van der Waals surface area contributed by atoms with E-state index in [4.69, 9.17) is 15.9 Å². The van der Waals surface area contributed by atoms with E-state index in [1.807, 2.05) is 6.92 Å². The number of unbranched alkanes of at least 4 members (excludes halogenated alkanes) is 2. The van der Waals surface area contributed by atoms with Crippen LogP contribution in [0.4, 0.5) is 0 Å². The molecule has 11 nitrogen and oxygen atoms in total. The van der Waals surface area contributed by atoms with Crippen LogP contribution in [0, 0.1) is 0 Å². The number of hydrogen-bond donors (Lipinski definition) is 6. The number of carbonyl (C=O) groups is 5. The molecule has 0 fully saturated rings. The number of amides is 3. The van der Waals surface area contributed by atoms with E-state index in [9.17, 15) is 29.1 Å². The number of aliphatic hydroxyl groups excluding tert-OH is 1. The fourth-order valence-electron chi connectivity index (χ4n) is 2.67. The summed E-state index contributed by atoms with van der Waals surface area (Å²) in [6.45, 7) is 1.12. The standard InChI is InChI=1S/C19H33N3O8S/c1-2-3-4-5-12(23)6-9-16(25)22(10-17(26)27)18(28)14(11-31)21-15(24)8-7-13(20)19(29)30/h12-14,23,31H,2-11,20H2,1H3,(H,21,24)(H,26,27)(H,29,30). The summed E-state index contributed by atoms with van der Waals surface area (Å²) in [5.41, 5.74) is 5.33. The Morgan fingerprint density at radius 2 is 1.68 bits per heavy atom. The van der Waals surface area contributed by atoms with Gasteiger partial charge < -0.3 is 26.4 Å². The second kappa shape index (κ2) is 15.6. The molecule has 6 N–H and O–H groups in total. The third-order valence-electron chi connectivity index (χ3n) is 4.51. The van der Waals surface area contributed by atoms with Crippen LogP contribution in [0.1, 0.15) is 58.3 Å². The average molecular weight is 464 g/mol. The van der Waals surface area contributed by atoms with Crippen LogP contribution in [0.5, 0.6) is 0 Å². The van der Waals surface area contributed by atoms with E-state index in [-0.39, 0.29) is 31.4 Å². The highest BCUT2D eigenvalue weighted by Gasteiger charge is 2.31. The van der Waals surface area contributed by atoms with E-state index in [0.29, 0.717) is 11.3 Å². The Kier molecular flexibility index (Phi) is 14.5. The number of nitrogens with two attached hydrogens (primary N) is 1. The molecule has 0 saturated heterocycles. The fraction of sp³-hybridized carbons (Fsp3) is 0.737. The monoisotopic (exact) mass is 463 g/mol. The maximum absolute atomic E-state index is 12.7. The molecule has 0 saturated carbocycles. The Balaban J connectivity index is 4.97. The minimum Gasteiger partial charge on any atom is -0.480 e. The van der Waals surface area contributed by atoms with Crippen molar-refractivity contribution in [1.82, 2.24) is 10.2 Å². The first-order valence-electron chi connectivity index (χ1n) is 10.2. The molecule has 0 rings (SSSR count). The van der Waals surface area contributed by atoms with Crippen molar-refractivity contribution >= 4 is 42.3 Å². The number of nitrogens with one attached hydrogen (secondary N) is 1. The zero-order chi connectivity index (χ0) is 24.0. The van der Waals surface area contributed by atoms with Crippen molar-refractivity contribution in [2.24, 2.45) is 5.73 Å². The Bertz CT molecular complexity index is 631. The second-order valence-corrected chi connectivity index (χ2v) is 7.55. The molecule has 12 heteroatoms. The van der Waals surface area contributed by atoms with Crippen molar-refractivity contribution < 1.29 is 39.3 Å². The summed E-state index contributed by atoms with van der Waals surface area (Å²) in [5.74, 6) is -5.31. The third-order valence-corrected chi connectivity index (χ3v) is 4.87. The summed E-state index contributed by atoms with van der Waals surface area (Å²) in [5, 5.41) is 30.1. The van der Waals surface area contributed by atoms with E-state index in [1.165, 1.54) is 0 Å². The Morgan fingerprint density at radius 1 is 1.03 bits per heavy atom. The molecule has 0 aromatic rings. The molecule has 0 aromatic heterocycles. The maximum Gasteiger partial charge on any atom is 0.323 e. The van der Waals surface area contributed by atoms with Crippen molar-refractivity contribution in [3.63, 3.8) is 0 Å². The number of carbonyl (C=O) groups excluding carboxylic acids is 3. The molecule has 178 valence electrons. The van der Waals surface area contributed by atoms with Crippen molar-refractivity contribution in [3.8, 4) is 0 Å². The number of carboxylic acids is 2. The minimum atomic E-state index is -1.41. The summed E-state index contributed by atoms with van der Waals surface area (Å²) < 4.78 is 0. The van der Waals surface area contributed by atoms with Crippen molar-refractivity contribution in [2.75, 3.05) is 12.3 Å². The average Bonchev–Trinajstić information content (AvgIpc) is 2.71. The number of rotatable bonds is 16. The van der Waals surface area contributed by atoms with Crippen LogP contribution in [-0.2, 0) is 24.0 Å². The topological polar surface area (TPSA) is 187 Å². The molecule has 0 aliphatic heterocycles. The molecular weight excluding hydrogens is 430 g/mol. The van der Waals surface area contributed by atoms with Gasteiger partial charge in [-0.05, 0) is 19.3 Å². The lowest BCUT2D eigenvalue weighted by Gasteiger charge is -2.25. The number of aliphatic hydroxyl groups is 1. The largest absolute Gasteiger partial charge is 0.480 e. The predicted octanol–water partition coefficient (Wildman–Crippen LogP) is -0.246. The number of thiol groups is 1. The third kappa shape index (κ3) is 12.3. The van der Waals surface area contributed by atoms with E-state index >= 15 is 0 Å². The summed E-state index contributed by atoms with van der Waals surface area (Å²) in [6.07, 6.45) is 1.89. The summed E-state index contributed by atoms with van der Waals surface area (Å²) in [4.78, 5) is 59.5. The highest BCUT2D eigenvalue weighted by atomic mass is 32.1. The van der Waals surface area contributed by atoms with Crippen LogP contribution in [-0.4, -0.2) is 80.4 Å². The minimum absolute atomic E-state index is 0.0803. The summed E-state index contributed by atoms with van der Waals surface area (Å²) >= 11 is 3.98. The van der Waals surface area contributed by atoms with Crippen molar-refractivity contribution in [1.29, 1.82) is 0 Å². The van der Waals surface area contributed by atoms with Gasteiger partial charge in [0.05, 0.1) is 6.10 Å². The van der Waals surface area contributed by atoms with Crippen molar-refractivity contribution in [3.05, 3.63) is 0 Å². The van der Waals surface area contributed by atoms with Gasteiger partial charge in [-0.3, -0.25) is 28.9 Å². The van der Waals surface area contributed by atoms with Crippen LogP contribution in [0.15, 0.2) is 0 Å². The molecule has 3 atom stereocenters. The van der Waals surface area contributed by atoms with Crippen LogP contribution >= 0.6 is 12.6 Å². The van der Waals surface area contributed by atoms with Gasteiger partial charge in [-0.25, -0.2) is 0 Å². The molecule has 0 aromatic carbocycles. The number of nitrogens with zero attached hydrogens (tertiary/aromatic N) is 1. The number of aliphatic carboxylic acids is 2. The predicted molar refractivity (Wildman–Crippen MR) is 114 cm³/mol. The number of imide groups is 1. The Morgan fingerprint density at radius 3 is 2.19 bits per heavy atom. The zero-order valence-corrected chi connectivity index (χ0v) is 18.6. The molecule has 0 bridgehead atoms. The van der Waals surface area contributed by atoms with E-state index in [1.54, 1.807) is 0 Å². The van der Waals surface area contributed by atoms with Gasteiger partial charge in [0.15, 0.2) is 0 Å². The number of hydrogen-bond acceptors (Lipinski definition) is 8. The van der Waals surface area contributed by atoms with Crippen LogP contribution in [0.3, 0.4) is 0 Å². The van der Waals surface area contributed by atoms with Gasteiger partial charge in [-0.15, -0.1) is 0 Å². The first-order valence-corrected chi connectivity index (χ1v) is 10.8. The van der Waals surface area contributed by atoms with E-state index in [0.717, 1.165) is 19.3 Å². The molecule has 0 aliphatic carbocycles. The fourth-order valence-corrected chi connectivity index (χ4v) is 2.92. The normalized spacial score (nSPS) is 13.7. The molecule has 3 unspecified atom stereocenters. The molecule has 3 amide bonds. The molecule has 0 heterocycles. The molecule has 0 radical (unpaired) electrons. The highest BCUT2D eigenvalue weighted by Crippen LogP contribution is 2.11. The lowest BCUT2D eigenvalue weighted by molar-refractivity contribution is -0.154. The first kappa shape index (κ1) is 28.8. The molecular formula is C19H33N3O8S. The Hall–Kier alpha value is -2.18.